The lowest BCUT2D eigenvalue weighted by Crippen LogP contribution is -2.26. The zero-order valence-electron chi connectivity index (χ0n) is 8.48. The van der Waals surface area contributed by atoms with Crippen molar-refractivity contribution >= 4 is 9.84 Å². The maximum absolute atomic E-state index is 11.4. The van der Waals surface area contributed by atoms with Crippen LogP contribution in [0.25, 0.3) is 0 Å². The van der Waals surface area contributed by atoms with Crippen LogP contribution >= 0.6 is 0 Å². The first-order valence-corrected chi connectivity index (χ1v) is 6.13. The Balaban J connectivity index is 3.14. The summed E-state index contributed by atoms with van der Waals surface area (Å²) in [7, 11) is -0.205. The molecule has 0 N–H and O–H groups in total. The Morgan fingerprint density at radius 3 is 2.43 bits per heavy atom. The third-order valence-electron chi connectivity index (χ3n) is 2.11. The summed E-state index contributed by atoms with van der Waals surface area (Å²) in [4.78, 5) is 0. The van der Waals surface area contributed by atoms with Crippen LogP contribution in [0.3, 0.4) is 0 Å². The Bertz CT molecular complexity index is 364. The highest BCUT2D eigenvalue weighted by Gasteiger charge is 2.30. The molecule has 1 unspecified atom stereocenters. The highest BCUT2D eigenvalue weighted by atomic mass is 32.2. The van der Waals surface area contributed by atoms with Crippen LogP contribution in [0.4, 0.5) is 0 Å². The molecule has 1 rings (SSSR count). The molecule has 0 saturated carbocycles. The lowest BCUT2D eigenvalue weighted by Gasteiger charge is -2.21. The first-order valence-electron chi connectivity index (χ1n) is 4.18. The van der Waals surface area contributed by atoms with Gasteiger partial charge in [-0.3, -0.25) is 0 Å². The summed E-state index contributed by atoms with van der Waals surface area (Å²) in [6.07, 6.45) is 5.13. The number of hydrogen-bond acceptors (Lipinski definition) is 4. The number of rotatable bonds is 3. The van der Waals surface area contributed by atoms with E-state index in [1.165, 1.54) is 20.5 Å². The van der Waals surface area contributed by atoms with Crippen LogP contribution in [-0.2, 0) is 19.3 Å². The van der Waals surface area contributed by atoms with Crippen molar-refractivity contribution in [1.82, 2.24) is 0 Å². The minimum atomic E-state index is -3.14. The van der Waals surface area contributed by atoms with E-state index in [4.69, 9.17) is 9.47 Å². The quantitative estimate of drug-likeness (QED) is 0.705. The van der Waals surface area contributed by atoms with Crippen LogP contribution in [0, 0.1) is 0 Å². The van der Waals surface area contributed by atoms with E-state index >= 15 is 0 Å². The molecule has 0 aromatic rings. The van der Waals surface area contributed by atoms with Crippen molar-refractivity contribution in [3.63, 3.8) is 0 Å². The molecule has 0 aliphatic heterocycles. The number of hydrogen-bond donors (Lipinski definition) is 0. The largest absolute Gasteiger partial charge is 0.496 e. The Kier molecular flexibility index (Phi) is 3.21. The van der Waals surface area contributed by atoms with Crippen molar-refractivity contribution in [2.75, 3.05) is 20.5 Å². The van der Waals surface area contributed by atoms with E-state index in [-0.39, 0.29) is 0 Å². The van der Waals surface area contributed by atoms with Crippen LogP contribution in [0.15, 0.2) is 23.7 Å². The van der Waals surface area contributed by atoms with Gasteiger partial charge in [0, 0.05) is 6.26 Å². The number of methoxy groups -OCH3 is 2. The second kappa shape index (κ2) is 4.04. The Morgan fingerprint density at radius 2 is 2.00 bits per heavy atom. The molecular formula is C9H14O4S. The van der Waals surface area contributed by atoms with Gasteiger partial charge < -0.3 is 9.47 Å². The van der Waals surface area contributed by atoms with Gasteiger partial charge >= 0.3 is 0 Å². The van der Waals surface area contributed by atoms with Crippen LogP contribution in [0.5, 0.6) is 0 Å². The van der Waals surface area contributed by atoms with Crippen molar-refractivity contribution in [2.24, 2.45) is 0 Å². The van der Waals surface area contributed by atoms with Gasteiger partial charge in [0.05, 0.1) is 14.2 Å². The summed E-state index contributed by atoms with van der Waals surface area (Å²) in [6, 6.07) is 0. The fraction of sp³-hybridized carbons (Fsp3) is 0.556. The molecule has 1 atom stereocenters. The lowest BCUT2D eigenvalue weighted by molar-refractivity contribution is 0.219. The van der Waals surface area contributed by atoms with E-state index in [0.29, 0.717) is 17.9 Å². The monoisotopic (exact) mass is 218 g/mol. The van der Waals surface area contributed by atoms with Crippen LogP contribution < -0.4 is 0 Å². The predicted octanol–water partition coefficient (Wildman–Crippen LogP) is 0.864. The van der Waals surface area contributed by atoms with E-state index in [0.717, 1.165) is 0 Å². The molecule has 0 spiro atoms. The molecule has 0 aromatic heterocycles. The van der Waals surface area contributed by atoms with Gasteiger partial charge in [0.1, 0.15) is 5.25 Å². The maximum atomic E-state index is 11.4. The molecule has 5 heteroatoms. The molecule has 0 bridgehead atoms. The summed E-state index contributed by atoms with van der Waals surface area (Å²) in [5, 5.41) is -0.618. The average Bonchev–Trinajstić information content (AvgIpc) is 2.15. The standard InChI is InChI=1S/C9H14O4S/c1-12-7-5-4-6-8(9(7)13-2)14(3,10)11/h4-5,8H,6H2,1-3H3. The molecule has 0 aromatic carbocycles. The molecule has 0 radical (unpaired) electrons. The van der Waals surface area contributed by atoms with Gasteiger partial charge in [-0.1, -0.05) is 6.08 Å². The van der Waals surface area contributed by atoms with Crippen molar-refractivity contribution in [1.29, 1.82) is 0 Å². The van der Waals surface area contributed by atoms with Gasteiger partial charge in [-0.2, -0.15) is 0 Å². The van der Waals surface area contributed by atoms with E-state index in [2.05, 4.69) is 0 Å². The molecule has 4 nitrogen and oxygen atoms in total. The maximum Gasteiger partial charge on any atom is 0.158 e. The van der Waals surface area contributed by atoms with Crippen molar-refractivity contribution in [3.05, 3.63) is 23.7 Å². The van der Waals surface area contributed by atoms with E-state index < -0.39 is 15.1 Å². The average molecular weight is 218 g/mol. The van der Waals surface area contributed by atoms with Gasteiger partial charge in [-0.25, -0.2) is 8.42 Å². The predicted molar refractivity (Wildman–Crippen MR) is 53.4 cm³/mol. The van der Waals surface area contributed by atoms with Gasteiger partial charge in [-0.05, 0) is 12.5 Å². The minimum absolute atomic E-state index is 0.387. The zero-order chi connectivity index (χ0) is 10.8. The lowest BCUT2D eigenvalue weighted by atomic mass is 10.1. The summed E-state index contributed by atoms with van der Waals surface area (Å²) < 4.78 is 32.9. The van der Waals surface area contributed by atoms with Crippen LogP contribution in [0.2, 0.25) is 0 Å². The van der Waals surface area contributed by atoms with E-state index in [9.17, 15) is 8.42 Å². The Morgan fingerprint density at radius 1 is 1.36 bits per heavy atom. The van der Waals surface area contributed by atoms with Gasteiger partial charge in [-0.15, -0.1) is 0 Å². The third kappa shape index (κ3) is 2.09. The highest BCUT2D eigenvalue weighted by molar-refractivity contribution is 7.91. The topological polar surface area (TPSA) is 52.6 Å². The molecule has 80 valence electrons. The second-order valence-electron chi connectivity index (χ2n) is 3.09. The Hall–Kier alpha value is -0.970. The van der Waals surface area contributed by atoms with Crippen molar-refractivity contribution in [3.8, 4) is 0 Å². The van der Waals surface area contributed by atoms with E-state index in [1.807, 2.05) is 0 Å². The summed E-state index contributed by atoms with van der Waals surface area (Å²) in [6.45, 7) is 0. The fourth-order valence-corrected chi connectivity index (χ4v) is 2.48. The normalized spacial score (nSPS) is 22.4. The van der Waals surface area contributed by atoms with Crippen LogP contribution in [-0.4, -0.2) is 34.1 Å². The van der Waals surface area contributed by atoms with E-state index in [1.54, 1.807) is 12.2 Å². The van der Waals surface area contributed by atoms with Gasteiger partial charge in [0.2, 0.25) is 0 Å². The molecule has 0 saturated heterocycles. The highest BCUT2D eigenvalue weighted by Crippen LogP contribution is 2.25. The molecular weight excluding hydrogens is 204 g/mol. The molecule has 14 heavy (non-hydrogen) atoms. The van der Waals surface area contributed by atoms with Gasteiger partial charge in [0.25, 0.3) is 0 Å². The first-order chi connectivity index (χ1) is 6.50. The fourth-order valence-electron chi connectivity index (χ4n) is 1.42. The van der Waals surface area contributed by atoms with Gasteiger partial charge in [0.15, 0.2) is 21.4 Å². The molecule has 1 aliphatic rings. The zero-order valence-corrected chi connectivity index (χ0v) is 9.30. The summed E-state index contributed by atoms with van der Waals surface area (Å²) >= 11 is 0. The molecule has 0 amide bonds. The number of sulfone groups is 1. The minimum Gasteiger partial charge on any atom is -0.496 e. The summed E-state index contributed by atoms with van der Waals surface area (Å²) in [5.41, 5.74) is 0. The molecule has 1 aliphatic carbocycles. The van der Waals surface area contributed by atoms with Crippen molar-refractivity contribution < 1.29 is 17.9 Å². The molecule has 0 fully saturated rings. The Labute approximate surface area is 84.1 Å². The number of ether oxygens (including phenoxy) is 2. The number of allylic oxidation sites excluding steroid dienone is 2. The third-order valence-corrected chi connectivity index (χ3v) is 3.55. The first kappa shape index (κ1) is 11.1. The summed E-state index contributed by atoms with van der Waals surface area (Å²) in [5.74, 6) is 0.867. The smallest absolute Gasteiger partial charge is 0.158 e. The van der Waals surface area contributed by atoms with Crippen molar-refractivity contribution in [2.45, 2.75) is 11.7 Å². The molecule has 0 heterocycles. The van der Waals surface area contributed by atoms with Crippen LogP contribution in [0.1, 0.15) is 6.42 Å². The second-order valence-corrected chi connectivity index (χ2v) is 5.32. The SMILES string of the molecule is COC1=C(OC)C(S(C)(=O)=O)CC=C1.